The predicted molar refractivity (Wildman–Crippen MR) is 76.3 cm³/mol. The van der Waals surface area contributed by atoms with E-state index in [2.05, 4.69) is 49.0 Å². The van der Waals surface area contributed by atoms with Gasteiger partial charge in [0.1, 0.15) is 17.5 Å². The number of hydrogen-bond acceptors (Lipinski definition) is 4. The maximum absolute atomic E-state index is 4.76. The Kier molecular flexibility index (Phi) is 3.46. The van der Waals surface area contributed by atoms with Crippen molar-refractivity contribution < 1.29 is 0 Å². The minimum Gasteiger partial charge on any atom is -0.373 e. The van der Waals surface area contributed by atoms with Crippen molar-refractivity contribution in [2.45, 2.75) is 52.0 Å². The first-order valence-corrected chi connectivity index (χ1v) is 6.79. The minimum absolute atomic E-state index is 0.0232. The maximum Gasteiger partial charge on any atom is 0.138 e. The Morgan fingerprint density at radius 3 is 2.44 bits per heavy atom. The van der Waals surface area contributed by atoms with E-state index in [9.17, 15) is 0 Å². The summed E-state index contributed by atoms with van der Waals surface area (Å²) in [5, 5.41) is 3.14. The molecule has 1 aromatic rings. The highest BCUT2D eigenvalue weighted by atomic mass is 15.2. The third-order valence-corrected chi connectivity index (χ3v) is 3.26. The summed E-state index contributed by atoms with van der Waals surface area (Å²) in [5.74, 6) is 2.87. The number of nitrogens with one attached hydrogen (secondary N) is 1. The van der Waals surface area contributed by atoms with Crippen molar-refractivity contribution >= 4 is 11.6 Å². The van der Waals surface area contributed by atoms with Gasteiger partial charge in [-0.3, -0.25) is 0 Å². The lowest BCUT2D eigenvalue weighted by molar-refractivity contribution is 0.544. The van der Waals surface area contributed by atoms with Crippen molar-refractivity contribution in [2.75, 3.05) is 23.8 Å². The molecular formula is C14H24N4. The van der Waals surface area contributed by atoms with Crippen LogP contribution in [-0.4, -0.2) is 29.6 Å². The van der Waals surface area contributed by atoms with Gasteiger partial charge in [0.15, 0.2) is 0 Å². The van der Waals surface area contributed by atoms with Gasteiger partial charge in [-0.1, -0.05) is 20.8 Å². The maximum atomic E-state index is 4.76. The molecule has 1 saturated carbocycles. The van der Waals surface area contributed by atoms with Gasteiger partial charge in [-0.25, -0.2) is 9.97 Å². The van der Waals surface area contributed by atoms with E-state index in [-0.39, 0.29) is 5.41 Å². The van der Waals surface area contributed by atoms with E-state index in [0.717, 1.165) is 24.0 Å². The van der Waals surface area contributed by atoms with Gasteiger partial charge < -0.3 is 10.2 Å². The molecule has 0 spiro atoms. The van der Waals surface area contributed by atoms with Crippen molar-refractivity contribution in [3.8, 4) is 0 Å². The lowest BCUT2D eigenvalue weighted by Crippen LogP contribution is -2.28. The Morgan fingerprint density at radius 2 is 2.00 bits per heavy atom. The number of hydrogen-bond donors (Lipinski definition) is 1. The summed E-state index contributed by atoms with van der Waals surface area (Å²) < 4.78 is 0. The molecule has 0 aromatic carbocycles. The lowest BCUT2D eigenvalue weighted by Gasteiger charge is -2.25. The van der Waals surface area contributed by atoms with Gasteiger partial charge in [0.2, 0.25) is 0 Å². The van der Waals surface area contributed by atoms with Gasteiger partial charge in [0.25, 0.3) is 0 Å². The molecule has 1 aliphatic carbocycles. The third-order valence-electron chi connectivity index (χ3n) is 3.26. The van der Waals surface area contributed by atoms with Crippen LogP contribution in [0.25, 0.3) is 0 Å². The molecule has 0 aliphatic heterocycles. The Balaban J connectivity index is 2.39. The standard InChI is InChI=1S/C14H24N4/c1-6-18(10-7-8-10)12-9-11(15-5)16-13(17-12)14(2,3)4/h9-10H,6-8H2,1-5H3,(H,15,16,17). The molecule has 1 N–H and O–H groups in total. The second kappa shape index (κ2) is 4.75. The topological polar surface area (TPSA) is 41.0 Å². The average molecular weight is 248 g/mol. The molecule has 0 radical (unpaired) electrons. The van der Waals surface area contributed by atoms with Crippen LogP contribution in [0.3, 0.4) is 0 Å². The number of rotatable bonds is 4. The molecule has 0 unspecified atom stereocenters. The van der Waals surface area contributed by atoms with Crippen molar-refractivity contribution in [3.63, 3.8) is 0 Å². The van der Waals surface area contributed by atoms with Crippen LogP contribution in [0.4, 0.5) is 11.6 Å². The van der Waals surface area contributed by atoms with Gasteiger partial charge in [0.05, 0.1) is 0 Å². The molecule has 1 aliphatic rings. The van der Waals surface area contributed by atoms with Gasteiger partial charge in [-0.15, -0.1) is 0 Å². The van der Waals surface area contributed by atoms with E-state index in [1.54, 1.807) is 0 Å². The third kappa shape index (κ3) is 2.74. The van der Waals surface area contributed by atoms with E-state index < -0.39 is 0 Å². The Labute approximate surface area is 110 Å². The molecule has 1 fully saturated rings. The fourth-order valence-electron chi connectivity index (χ4n) is 2.04. The van der Waals surface area contributed by atoms with E-state index >= 15 is 0 Å². The summed E-state index contributed by atoms with van der Waals surface area (Å²) >= 11 is 0. The minimum atomic E-state index is -0.0232. The van der Waals surface area contributed by atoms with Crippen LogP contribution in [0.1, 0.15) is 46.4 Å². The van der Waals surface area contributed by atoms with E-state index in [1.165, 1.54) is 12.8 Å². The zero-order valence-electron chi connectivity index (χ0n) is 12.1. The molecule has 1 aromatic heterocycles. The summed E-state index contributed by atoms with van der Waals surface area (Å²) in [7, 11) is 1.91. The van der Waals surface area contributed by atoms with Crippen molar-refractivity contribution in [3.05, 3.63) is 11.9 Å². The molecule has 0 atom stereocenters. The number of nitrogens with zero attached hydrogens (tertiary/aromatic N) is 3. The van der Waals surface area contributed by atoms with Crippen molar-refractivity contribution in [1.82, 2.24) is 9.97 Å². The van der Waals surface area contributed by atoms with Crippen LogP contribution < -0.4 is 10.2 Å². The quantitative estimate of drug-likeness (QED) is 0.889. The first kappa shape index (κ1) is 13.1. The number of anilines is 2. The fourth-order valence-corrected chi connectivity index (χ4v) is 2.04. The largest absolute Gasteiger partial charge is 0.373 e. The summed E-state index contributed by atoms with van der Waals surface area (Å²) in [6.45, 7) is 9.65. The highest BCUT2D eigenvalue weighted by Gasteiger charge is 2.30. The second-order valence-electron chi connectivity index (χ2n) is 5.95. The Hall–Kier alpha value is -1.32. The molecule has 1 heterocycles. The van der Waals surface area contributed by atoms with E-state index in [0.29, 0.717) is 6.04 Å². The van der Waals surface area contributed by atoms with Crippen LogP contribution in [0.15, 0.2) is 6.07 Å². The fraction of sp³-hybridized carbons (Fsp3) is 0.714. The Morgan fingerprint density at radius 1 is 1.33 bits per heavy atom. The molecular weight excluding hydrogens is 224 g/mol. The van der Waals surface area contributed by atoms with Gasteiger partial charge in [0, 0.05) is 31.1 Å². The summed E-state index contributed by atoms with van der Waals surface area (Å²) in [6.07, 6.45) is 2.58. The van der Waals surface area contributed by atoms with Crippen LogP contribution in [0.2, 0.25) is 0 Å². The Bertz CT molecular complexity index is 418. The zero-order valence-corrected chi connectivity index (χ0v) is 12.1. The van der Waals surface area contributed by atoms with Crippen molar-refractivity contribution in [2.24, 2.45) is 0 Å². The second-order valence-corrected chi connectivity index (χ2v) is 5.95. The van der Waals surface area contributed by atoms with Crippen molar-refractivity contribution in [1.29, 1.82) is 0 Å². The monoisotopic (exact) mass is 248 g/mol. The molecule has 4 nitrogen and oxygen atoms in total. The predicted octanol–water partition coefficient (Wildman–Crippen LogP) is 2.80. The van der Waals surface area contributed by atoms with Gasteiger partial charge in [-0.2, -0.15) is 0 Å². The van der Waals surface area contributed by atoms with E-state index in [1.807, 2.05) is 7.05 Å². The summed E-state index contributed by atoms with van der Waals surface area (Å²) in [6, 6.07) is 2.74. The SMILES string of the molecule is CCN(c1cc(NC)nc(C(C)(C)C)n1)C1CC1. The molecule has 18 heavy (non-hydrogen) atoms. The molecule has 4 heteroatoms. The molecule has 2 rings (SSSR count). The van der Waals surface area contributed by atoms with E-state index in [4.69, 9.17) is 4.98 Å². The smallest absolute Gasteiger partial charge is 0.138 e. The average Bonchev–Trinajstić information content (AvgIpc) is 3.13. The first-order chi connectivity index (χ1) is 8.45. The zero-order chi connectivity index (χ0) is 13.3. The molecule has 0 saturated heterocycles. The van der Waals surface area contributed by atoms with Crippen LogP contribution >= 0.6 is 0 Å². The first-order valence-electron chi connectivity index (χ1n) is 6.79. The van der Waals surface area contributed by atoms with Crippen LogP contribution in [-0.2, 0) is 5.41 Å². The van der Waals surface area contributed by atoms with Gasteiger partial charge in [-0.05, 0) is 19.8 Å². The van der Waals surface area contributed by atoms with Crippen LogP contribution in [0, 0.1) is 0 Å². The highest BCUT2D eigenvalue weighted by molar-refractivity contribution is 5.51. The normalized spacial score (nSPS) is 15.6. The van der Waals surface area contributed by atoms with Gasteiger partial charge >= 0.3 is 0 Å². The molecule has 0 bridgehead atoms. The molecule has 100 valence electrons. The molecule has 0 amide bonds. The number of aromatic nitrogens is 2. The lowest BCUT2D eigenvalue weighted by atomic mass is 9.96. The van der Waals surface area contributed by atoms with Crippen LogP contribution in [0.5, 0.6) is 0 Å². The highest BCUT2D eigenvalue weighted by Crippen LogP contribution is 2.32. The summed E-state index contributed by atoms with van der Waals surface area (Å²) in [5.41, 5.74) is -0.0232. The summed E-state index contributed by atoms with van der Waals surface area (Å²) in [4.78, 5) is 11.7.